The molecule has 2 fully saturated rings. The highest BCUT2D eigenvalue weighted by Crippen LogP contribution is 2.66. The van der Waals surface area contributed by atoms with Gasteiger partial charge in [0.15, 0.2) is 0 Å². The molecule has 1 heterocycles. The Hall–Kier alpha value is -2.10. The Labute approximate surface area is 142 Å². The molecule has 0 spiro atoms. The number of rotatable bonds is 3. The quantitative estimate of drug-likeness (QED) is 0.678. The summed E-state index contributed by atoms with van der Waals surface area (Å²) in [6.07, 6.45) is 6.70. The maximum atomic E-state index is 12.5. The van der Waals surface area contributed by atoms with Crippen LogP contribution in [0.25, 0.3) is 10.9 Å². The maximum absolute atomic E-state index is 12.5. The van der Waals surface area contributed by atoms with E-state index in [9.17, 15) is 4.79 Å². The molecule has 2 aliphatic rings. The zero-order valence-electron chi connectivity index (χ0n) is 14.7. The van der Waals surface area contributed by atoms with Gasteiger partial charge in [0.1, 0.15) is 0 Å². The van der Waals surface area contributed by atoms with Crippen molar-refractivity contribution in [2.45, 2.75) is 39.5 Å². The van der Waals surface area contributed by atoms with Crippen molar-refractivity contribution < 1.29 is 4.79 Å². The van der Waals surface area contributed by atoms with Gasteiger partial charge in [0.05, 0.1) is 6.21 Å². The highest BCUT2D eigenvalue weighted by molar-refractivity contribution is 6.01. The number of hydrogen-bond donors (Lipinski definition) is 1. The van der Waals surface area contributed by atoms with E-state index in [4.69, 9.17) is 0 Å². The van der Waals surface area contributed by atoms with Crippen molar-refractivity contribution in [3.05, 3.63) is 35.5 Å². The molecule has 4 heteroatoms. The van der Waals surface area contributed by atoms with E-state index in [2.05, 4.69) is 48.1 Å². The lowest BCUT2D eigenvalue weighted by atomic mass is 9.90. The number of hydrogen-bond acceptors (Lipinski definition) is 2. The van der Waals surface area contributed by atoms with Gasteiger partial charge in [-0.15, -0.1) is 0 Å². The molecule has 1 N–H and O–H groups in total. The number of aryl methyl sites for hydroxylation is 1. The second kappa shape index (κ2) is 5.47. The van der Waals surface area contributed by atoms with Crippen LogP contribution >= 0.6 is 0 Å². The van der Waals surface area contributed by atoms with Gasteiger partial charge in [-0.3, -0.25) is 4.79 Å². The third kappa shape index (κ3) is 2.20. The molecule has 0 radical (unpaired) electrons. The molecular formula is C20H25N3O. The fourth-order valence-electron chi connectivity index (χ4n) is 4.79. The summed E-state index contributed by atoms with van der Waals surface area (Å²) >= 11 is 0. The Bertz CT molecular complexity index is 835. The van der Waals surface area contributed by atoms with Gasteiger partial charge in [0.25, 0.3) is 0 Å². The average Bonchev–Trinajstić information content (AvgIpc) is 3.15. The molecular weight excluding hydrogens is 298 g/mol. The van der Waals surface area contributed by atoms with Crippen LogP contribution in [0.5, 0.6) is 0 Å². The van der Waals surface area contributed by atoms with Crippen molar-refractivity contribution in [1.29, 1.82) is 0 Å². The summed E-state index contributed by atoms with van der Waals surface area (Å²) < 4.78 is 2.16. The second-order valence-corrected chi connectivity index (χ2v) is 7.65. The molecule has 2 saturated carbocycles. The van der Waals surface area contributed by atoms with Gasteiger partial charge in [-0.1, -0.05) is 38.0 Å². The van der Waals surface area contributed by atoms with Crippen molar-refractivity contribution in [2.75, 3.05) is 0 Å². The Balaban J connectivity index is 1.51. The molecule has 1 aromatic heterocycles. The van der Waals surface area contributed by atoms with Crippen LogP contribution in [0.1, 0.15) is 43.9 Å². The minimum atomic E-state index is 0.0959. The van der Waals surface area contributed by atoms with Crippen LogP contribution in [-0.4, -0.2) is 16.7 Å². The highest BCUT2D eigenvalue weighted by atomic mass is 16.2. The number of benzene rings is 1. The molecule has 0 saturated heterocycles. The van der Waals surface area contributed by atoms with E-state index < -0.39 is 0 Å². The van der Waals surface area contributed by atoms with E-state index in [0.717, 1.165) is 11.3 Å². The van der Waals surface area contributed by atoms with Crippen molar-refractivity contribution in [3.8, 4) is 0 Å². The van der Waals surface area contributed by atoms with Gasteiger partial charge in [0, 0.05) is 35.1 Å². The Morgan fingerprint density at radius 3 is 2.92 bits per heavy atom. The molecule has 24 heavy (non-hydrogen) atoms. The molecule has 1 amide bonds. The zero-order chi connectivity index (χ0) is 16.9. The molecule has 2 aliphatic carbocycles. The van der Waals surface area contributed by atoms with E-state index in [1.165, 1.54) is 36.6 Å². The molecule has 2 aromatic rings. The van der Waals surface area contributed by atoms with Gasteiger partial charge in [-0.05, 0) is 37.2 Å². The normalized spacial score (nSPS) is 29.0. The van der Waals surface area contributed by atoms with Crippen LogP contribution in [0.2, 0.25) is 0 Å². The predicted octanol–water partition coefficient (Wildman–Crippen LogP) is 3.76. The van der Waals surface area contributed by atoms with Crippen LogP contribution in [0.4, 0.5) is 0 Å². The van der Waals surface area contributed by atoms with Crippen LogP contribution in [0.3, 0.4) is 0 Å². The van der Waals surface area contributed by atoms with E-state index >= 15 is 0 Å². The number of hydrazone groups is 1. The van der Waals surface area contributed by atoms with Gasteiger partial charge in [-0.2, -0.15) is 5.10 Å². The van der Waals surface area contributed by atoms with E-state index in [1.807, 2.05) is 12.1 Å². The summed E-state index contributed by atoms with van der Waals surface area (Å²) in [6, 6.07) is 8.28. The first-order valence-corrected chi connectivity index (χ1v) is 8.91. The molecule has 1 aromatic carbocycles. The number of nitrogens with one attached hydrogen (secondary N) is 1. The lowest BCUT2D eigenvalue weighted by Gasteiger charge is -2.15. The lowest BCUT2D eigenvalue weighted by Crippen LogP contribution is -2.22. The molecule has 4 rings (SSSR count). The number of carbonyl (C=O) groups excluding carboxylic acids is 1. The summed E-state index contributed by atoms with van der Waals surface area (Å²) in [6.45, 7) is 4.35. The standard InChI is InChI=1S/C20H25N3O/c1-13-15(14-8-4-5-10-17(14)23(13)3)12-21-22-19(24)18-16-9-6-7-11-20(16,18)2/h4-5,8,10,12,16,18H,6-7,9,11H2,1-3H3,(H,22,24)/b21-12-/t16-,18-,20+/m0/s1. The monoisotopic (exact) mass is 323 g/mol. The van der Waals surface area contributed by atoms with Gasteiger partial charge < -0.3 is 4.57 Å². The summed E-state index contributed by atoms with van der Waals surface area (Å²) in [7, 11) is 2.06. The fourth-order valence-corrected chi connectivity index (χ4v) is 4.79. The van der Waals surface area contributed by atoms with Crippen LogP contribution in [0.15, 0.2) is 29.4 Å². The number of para-hydroxylation sites is 1. The van der Waals surface area contributed by atoms with Crippen LogP contribution < -0.4 is 5.43 Å². The number of aromatic nitrogens is 1. The fraction of sp³-hybridized carbons (Fsp3) is 0.500. The van der Waals surface area contributed by atoms with Gasteiger partial charge in [-0.25, -0.2) is 5.43 Å². The topological polar surface area (TPSA) is 46.4 Å². The van der Waals surface area contributed by atoms with Crippen molar-refractivity contribution in [2.24, 2.45) is 29.4 Å². The molecule has 4 nitrogen and oxygen atoms in total. The molecule has 0 unspecified atom stereocenters. The number of fused-ring (bicyclic) bond motifs is 2. The number of nitrogens with zero attached hydrogens (tertiary/aromatic N) is 2. The van der Waals surface area contributed by atoms with Gasteiger partial charge >= 0.3 is 0 Å². The van der Waals surface area contributed by atoms with Crippen molar-refractivity contribution in [1.82, 2.24) is 9.99 Å². The second-order valence-electron chi connectivity index (χ2n) is 7.65. The smallest absolute Gasteiger partial charge is 0.244 e. The first kappa shape index (κ1) is 15.4. The Kier molecular flexibility index (Phi) is 3.52. The van der Waals surface area contributed by atoms with Crippen LogP contribution in [0, 0.1) is 24.2 Å². The molecule has 126 valence electrons. The Morgan fingerprint density at radius 1 is 1.38 bits per heavy atom. The average molecular weight is 323 g/mol. The van der Waals surface area contributed by atoms with E-state index in [-0.39, 0.29) is 17.2 Å². The van der Waals surface area contributed by atoms with Crippen molar-refractivity contribution >= 4 is 23.0 Å². The number of carbonyl (C=O) groups is 1. The number of amides is 1. The predicted molar refractivity (Wildman–Crippen MR) is 96.9 cm³/mol. The largest absolute Gasteiger partial charge is 0.347 e. The first-order valence-electron chi connectivity index (χ1n) is 8.91. The molecule has 3 atom stereocenters. The zero-order valence-corrected chi connectivity index (χ0v) is 14.7. The summed E-state index contributed by atoms with van der Waals surface area (Å²) in [4.78, 5) is 12.5. The SMILES string of the molecule is Cc1c(/C=N\NC(=O)[C@@H]2[C@@H]3CCCC[C@@]23C)c2ccccc2n1C. The molecule has 0 aliphatic heterocycles. The van der Waals surface area contributed by atoms with Crippen LogP contribution in [-0.2, 0) is 11.8 Å². The highest BCUT2D eigenvalue weighted by Gasteiger charge is 2.64. The summed E-state index contributed by atoms with van der Waals surface area (Å²) in [5, 5.41) is 5.45. The summed E-state index contributed by atoms with van der Waals surface area (Å²) in [5.41, 5.74) is 6.44. The van der Waals surface area contributed by atoms with Crippen molar-refractivity contribution in [3.63, 3.8) is 0 Å². The lowest BCUT2D eigenvalue weighted by molar-refractivity contribution is -0.123. The van der Waals surface area contributed by atoms with Gasteiger partial charge in [0.2, 0.25) is 5.91 Å². The van der Waals surface area contributed by atoms with E-state index in [0.29, 0.717) is 5.92 Å². The first-order chi connectivity index (χ1) is 11.5. The van der Waals surface area contributed by atoms with E-state index in [1.54, 1.807) is 6.21 Å². The molecule has 0 bridgehead atoms. The summed E-state index contributed by atoms with van der Waals surface area (Å²) in [5.74, 6) is 0.824. The minimum Gasteiger partial charge on any atom is -0.347 e. The third-order valence-corrected chi connectivity index (χ3v) is 6.43. The Morgan fingerprint density at radius 2 is 2.17 bits per heavy atom. The maximum Gasteiger partial charge on any atom is 0.244 e. The third-order valence-electron chi connectivity index (χ3n) is 6.43. The minimum absolute atomic E-state index is 0.0959.